The van der Waals surface area contributed by atoms with Crippen molar-refractivity contribution in [1.82, 2.24) is 5.32 Å². The molecule has 0 atom stereocenters. The number of nitrogens with one attached hydrogen (secondary N) is 1. The lowest BCUT2D eigenvalue weighted by molar-refractivity contribution is 0.875. The number of allylic oxidation sites excluding steroid dienone is 1. The molecule has 0 aliphatic carbocycles. The Morgan fingerprint density at radius 1 is 1.78 bits per heavy atom. The van der Waals surface area contributed by atoms with Crippen LogP contribution in [0.4, 0.5) is 0 Å². The molecular weight excluding hydrogens is 112 g/mol. The average molecular weight is 124 g/mol. The van der Waals surface area contributed by atoms with Crippen molar-refractivity contribution in [2.75, 3.05) is 13.6 Å². The molecule has 2 heteroatoms. The molecule has 0 radical (unpaired) electrons. The number of hydrogen-bond acceptors (Lipinski definition) is 2. The van der Waals surface area contributed by atoms with E-state index in [0.29, 0.717) is 0 Å². The van der Waals surface area contributed by atoms with Crippen LogP contribution < -0.4 is 5.32 Å². The predicted molar refractivity (Wildman–Crippen MR) is 41.8 cm³/mol. The van der Waals surface area contributed by atoms with Gasteiger partial charge in [-0.15, -0.1) is 0 Å². The number of aliphatic imine (C=N–C) groups is 1. The highest BCUT2D eigenvalue weighted by molar-refractivity contribution is 5.71. The van der Waals surface area contributed by atoms with Gasteiger partial charge in [-0.2, -0.15) is 0 Å². The Labute approximate surface area is 56.0 Å². The lowest BCUT2D eigenvalue weighted by Crippen LogP contribution is -2.08. The van der Waals surface area contributed by atoms with Crippen molar-refractivity contribution in [1.29, 1.82) is 0 Å². The highest BCUT2D eigenvalue weighted by Gasteiger charge is 1.81. The molecule has 0 aromatic carbocycles. The summed E-state index contributed by atoms with van der Waals surface area (Å²) in [6, 6.07) is 0. The second kappa shape index (κ2) is 5.25. The Balaban J connectivity index is 3.49. The maximum Gasteiger partial charge on any atom is 0.0469 e. The van der Waals surface area contributed by atoms with Gasteiger partial charge in [0.25, 0.3) is 0 Å². The fraction of sp³-hybridized carbons (Fsp3) is 0.286. The fourth-order valence-corrected chi connectivity index (χ4v) is 0.408. The molecule has 0 rings (SSSR count). The van der Waals surface area contributed by atoms with Crippen molar-refractivity contribution in [3.63, 3.8) is 0 Å². The highest BCUT2D eigenvalue weighted by atomic mass is 14.9. The molecule has 50 valence electrons. The maximum atomic E-state index is 3.93. The quantitative estimate of drug-likeness (QED) is 0.555. The van der Waals surface area contributed by atoms with Crippen molar-refractivity contribution in [3.05, 3.63) is 24.9 Å². The van der Waals surface area contributed by atoms with Gasteiger partial charge < -0.3 is 5.32 Å². The van der Waals surface area contributed by atoms with Crippen molar-refractivity contribution >= 4 is 6.21 Å². The Kier molecular flexibility index (Phi) is 4.73. The third kappa shape index (κ3) is 4.97. The summed E-state index contributed by atoms with van der Waals surface area (Å²) in [7, 11) is 1.86. The van der Waals surface area contributed by atoms with Gasteiger partial charge in [0.2, 0.25) is 0 Å². The van der Waals surface area contributed by atoms with Gasteiger partial charge in [-0.1, -0.05) is 19.2 Å². The first-order chi connectivity index (χ1) is 4.31. The van der Waals surface area contributed by atoms with Crippen LogP contribution in [0.5, 0.6) is 0 Å². The molecule has 9 heavy (non-hydrogen) atoms. The highest BCUT2D eigenvalue weighted by Crippen LogP contribution is 1.85. The molecular formula is C7H12N2. The summed E-state index contributed by atoms with van der Waals surface area (Å²) >= 11 is 0. The molecule has 0 bridgehead atoms. The monoisotopic (exact) mass is 124 g/mol. The number of nitrogens with zero attached hydrogens (tertiary/aromatic N) is 1. The summed E-state index contributed by atoms with van der Waals surface area (Å²) in [5.41, 5.74) is 0.817. The first kappa shape index (κ1) is 8.11. The van der Waals surface area contributed by atoms with E-state index in [1.807, 2.05) is 7.05 Å². The Morgan fingerprint density at radius 3 is 2.89 bits per heavy atom. The predicted octanol–water partition coefficient (Wildman–Crippen LogP) is 0.976. The van der Waals surface area contributed by atoms with Gasteiger partial charge in [0.1, 0.15) is 0 Å². The van der Waals surface area contributed by atoms with Gasteiger partial charge in [-0.05, 0) is 7.05 Å². The molecule has 0 heterocycles. The van der Waals surface area contributed by atoms with Crippen molar-refractivity contribution in [2.45, 2.75) is 0 Å². The topological polar surface area (TPSA) is 24.4 Å². The maximum absolute atomic E-state index is 3.93. The lowest BCUT2D eigenvalue weighted by atomic mass is 10.5. The van der Waals surface area contributed by atoms with Gasteiger partial charge in [0.05, 0.1) is 0 Å². The van der Waals surface area contributed by atoms with Crippen LogP contribution in [0.1, 0.15) is 0 Å². The molecule has 0 spiro atoms. The SMILES string of the molecule is C=CC=NC(=C)CNC. The lowest BCUT2D eigenvalue weighted by Gasteiger charge is -1.93. The summed E-state index contributed by atoms with van der Waals surface area (Å²) in [5, 5.41) is 2.93. The minimum Gasteiger partial charge on any atom is -0.314 e. The largest absolute Gasteiger partial charge is 0.314 e. The van der Waals surface area contributed by atoms with E-state index in [9.17, 15) is 0 Å². The van der Waals surface area contributed by atoms with Crippen LogP contribution in [0.25, 0.3) is 0 Å². The van der Waals surface area contributed by atoms with E-state index in [1.165, 1.54) is 0 Å². The van der Waals surface area contributed by atoms with E-state index in [1.54, 1.807) is 12.3 Å². The first-order valence-electron chi connectivity index (χ1n) is 2.78. The number of rotatable bonds is 4. The molecule has 0 aliphatic heterocycles. The van der Waals surface area contributed by atoms with Crippen molar-refractivity contribution in [3.8, 4) is 0 Å². The molecule has 1 N–H and O–H groups in total. The van der Waals surface area contributed by atoms with Gasteiger partial charge in [0, 0.05) is 18.5 Å². The van der Waals surface area contributed by atoms with Crippen LogP contribution in [-0.2, 0) is 0 Å². The zero-order valence-corrected chi connectivity index (χ0v) is 5.72. The molecule has 0 saturated heterocycles. The smallest absolute Gasteiger partial charge is 0.0469 e. The molecule has 2 nitrogen and oxygen atoms in total. The van der Waals surface area contributed by atoms with Gasteiger partial charge in [-0.25, -0.2) is 0 Å². The van der Waals surface area contributed by atoms with E-state index in [-0.39, 0.29) is 0 Å². The second-order valence-electron chi connectivity index (χ2n) is 1.61. The minimum atomic E-state index is 0.727. The molecule has 0 aromatic heterocycles. The Morgan fingerprint density at radius 2 is 2.44 bits per heavy atom. The molecule has 0 unspecified atom stereocenters. The zero-order valence-electron chi connectivity index (χ0n) is 5.72. The van der Waals surface area contributed by atoms with Gasteiger partial charge >= 0.3 is 0 Å². The van der Waals surface area contributed by atoms with Crippen LogP contribution in [0.15, 0.2) is 29.9 Å². The van der Waals surface area contributed by atoms with Crippen LogP contribution in [-0.4, -0.2) is 19.8 Å². The second-order valence-corrected chi connectivity index (χ2v) is 1.61. The molecule has 0 amide bonds. The van der Waals surface area contributed by atoms with Crippen LogP contribution >= 0.6 is 0 Å². The molecule has 0 aromatic rings. The zero-order chi connectivity index (χ0) is 7.11. The normalized spacial score (nSPS) is 9.89. The van der Waals surface area contributed by atoms with Gasteiger partial charge in [-0.3, -0.25) is 4.99 Å². The van der Waals surface area contributed by atoms with Crippen molar-refractivity contribution in [2.24, 2.45) is 4.99 Å². The summed E-state index contributed by atoms with van der Waals surface area (Å²) < 4.78 is 0. The first-order valence-corrected chi connectivity index (χ1v) is 2.78. The van der Waals surface area contributed by atoms with E-state index in [0.717, 1.165) is 12.2 Å². The summed E-state index contributed by atoms with van der Waals surface area (Å²) in [4.78, 5) is 3.93. The van der Waals surface area contributed by atoms with Crippen LogP contribution in [0.3, 0.4) is 0 Å². The summed E-state index contributed by atoms with van der Waals surface area (Å²) in [5.74, 6) is 0. The van der Waals surface area contributed by atoms with E-state index in [2.05, 4.69) is 23.5 Å². The standard InChI is InChI=1S/C7H12N2/c1-4-5-9-7(2)6-8-3/h4-5,8H,1-2,6H2,3H3. The average Bonchev–Trinajstić information content (AvgIpc) is 1.85. The van der Waals surface area contributed by atoms with E-state index >= 15 is 0 Å². The molecule has 0 fully saturated rings. The molecule has 0 aliphatic rings. The van der Waals surface area contributed by atoms with Crippen molar-refractivity contribution < 1.29 is 0 Å². The minimum absolute atomic E-state index is 0.727. The van der Waals surface area contributed by atoms with E-state index < -0.39 is 0 Å². The summed E-state index contributed by atoms with van der Waals surface area (Å²) in [6.45, 7) is 7.88. The summed E-state index contributed by atoms with van der Waals surface area (Å²) in [6.07, 6.45) is 3.25. The molecule has 0 saturated carbocycles. The van der Waals surface area contributed by atoms with Crippen LogP contribution in [0.2, 0.25) is 0 Å². The Bertz CT molecular complexity index is 125. The third-order valence-corrected chi connectivity index (χ3v) is 0.743. The third-order valence-electron chi connectivity index (χ3n) is 0.743. The van der Waals surface area contributed by atoms with Crippen LogP contribution in [0, 0.1) is 0 Å². The fourth-order valence-electron chi connectivity index (χ4n) is 0.408. The number of likely N-dealkylation sites (N-methyl/N-ethyl adjacent to an activating group) is 1. The number of hydrogen-bond donors (Lipinski definition) is 1. The Hall–Kier alpha value is -0.890. The van der Waals surface area contributed by atoms with Gasteiger partial charge in [0.15, 0.2) is 0 Å². The van der Waals surface area contributed by atoms with E-state index in [4.69, 9.17) is 0 Å².